The first-order chi connectivity index (χ1) is 18.9. The molecule has 3 aromatic rings. The molecule has 0 aliphatic heterocycles. The van der Waals surface area contributed by atoms with Crippen molar-refractivity contribution in [1.29, 1.82) is 5.26 Å². The minimum Gasteiger partial charge on any atom is -0.387 e. The van der Waals surface area contributed by atoms with E-state index in [0.717, 1.165) is 0 Å². The summed E-state index contributed by atoms with van der Waals surface area (Å²) in [6.07, 6.45) is -1.16. The second-order valence-corrected chi connectivity index (χ2v) is 10.4. The lowest BCUT2D eigenvalue weighted by atomic mass is 9.80. The molecule has 0 unspecified atom stereocenters. The average Bonchev–Trinajstić information content (AvgIpc) is 3.30. The molecule has 1 fully saturated rings. The summed E-state index contributed by atoms with van der Waals surface area (Å²) >= 11 is 0. The van der Waals surface area contributed by atoms with Crippen LogP contribution < -0.4 is 16.0 Å². The van der Waals surface area contributed by atoms with Crippen LogP contribution in [0.5, 0.6) is 0 Å². The van der Waals surface area contributed by atoms with Crippen LogP contribution in [0.2, 0.25) is 0 Å². The smallest absolute Gasteiger partial charge is 0.255 e. The third kappa shape index (κ3) is 6.87. The maximum atomic E-state index is 14.3. The number of alkyl halides is 3. The summed E-state index contributed by atoms with van der Waals surface area (Å²) in [5.74, 6) is -1.19. The van der Waals surface area contributed by atoms with E-state index in [0.29, 0.717) is 41.0 Å². The van der Waals surface area contributed by atoms with Gasteiger partial charge in [0.1, 0.15) is 12.2 Å². The molecule has 0 aromatic carbocycles. The lowest BCUT2D eigenvalue weighted by Crippen LogP contribution is -2.43. The molecule has 2 amide bonds. The topological polar surface area (TPSA) is 144 Å². The number of nitrogens with one attached hydrogen (secondary N) is 3. The zero-order valence-electron chi connectivity index (χ0n) is 22.0. The van der Waals surface area contributed by atoms with Gasteiger partial charge in [-0.3, -0.25) is 14.6 Å². The summed E-state index contributed by atoms with van der Waals surface area (Å²) in [7, 11) is 0. The number of carbonyl (C=O) groups excluding carboxylic acids is 2. The molecule has 3 heterocycles. The first-order valence-corrected chi connectivity index (χ1v) is 12.8. The minimum absolute atomic E-state index is 0.0653. The number of anilines is 1. The Morgan fingerprint density at radius 3 is 2.62 bits per heavy atom. The van der Waals surface area contributed by atoms with E-state index in [4.69, 9.17) is 5.26 Å². The fourth-order valence-electron chi connectivity index (χ4n) is 4.39. The molecule has 4 N–H and O–H groups in total. The summed E-state index contributed by atoms with van der Waals surface area (Å²) in [5, 5.41) is 31.6. The van der Waals surface area contributed by atoms with Crippen LogP contribution in [0.4, 0.5) is 18.9 Å². The Kier molecular flexibility index (Phi) is 8.58. The highest BCUT2D eigenvalue weighted by Crippen LogP contribution is 2.32. The fourth-order valence-corrected chi connectivity index (χ4v) is 4.39. The van der Waals surface area contributed by atoms with E-state index in [2.05, 4.69) is 26.0 Å². The summed E-state index contributed by atoms with van der Waals surface area (Å²) in [5.41, 5.74) is 1.18. The molecule has 3 aromatic heterocycles. The average molecular weight is 558 g/mol. The maximum absolute atomic E-state index is 14.3. The molecule has 212 valence electrons. The second kappa shape index (κ2) is 11.9. The predicted molar refractivity (Wildman–Crippen MR) is 140 cm³/mol. The molecule has 13 heteroatoms. The van der Waals surface area contributed by atoms with Crippen molar-refractivity contribution in [1.82, 2.24) is 25.2 Å². The monoisotopic (exact) mass is 557 g/mol. The van der Waals surface area contributed by atoms with Gasteiger partial charge in [0, 0.05) is 18.8 Å². The molecule has 1 saturated carbocycles. The number of nitriles is 1. The number of nitrogens with zero attached hydrogens (tertiary/aromatic N) is 4. The molecule has 0 radical (unpaired) electrons. The van der Waals surface area contributed by atoms with Gasteiger partial charge in [-0.05, 0) is 56.9 Å². The highest BCUT2D eigenvalue weighted by atomic mass is 19.3. The van der Waals surface area contributed by atoms with Gasteiger partial charge in [0.05, 0.1) is 58.5 Å². The van der Waals surface area contributed by atoms with Crippen molar-refractivity contribution < 1.29 is 27.9 Å². The van der Waals surface area contributed by atoms with Crippen LogP contribution in [0.15, 0.2) is 36.7 Å². The predicted octanol–water partition coefficient (Wildman–Crippen LogP) is 3.07. The Balaban J connectivity index is 1.52. The molecule has 10 nitrogen and oxygen atoms in total. The van der Waals surface area contributed by atoms with E-state index in [1.807, 2.05) is 6.07 Å². The van der Waals surface area contributed by atoms with Crippen LogP contribution >= 0.6 is 0 Å². The van der Waals surface area contributed by atoms with Gasteiger partial charge in [-0.1, -0.05) is 0 Å². The Labute approximate surface area is 228 Å². The van der Waals surface area contributed by atoms with Crippen LogP contribution in [0.25, 0.3) is 16.9 Å². The Bertz CT molecular complexity index is 1420. The fraction of sp³-hybridized carbons (Fsp3) is 0.444. The molecular weight excluding hydrogens is 527 g/mol. The number of fused-ring (bicyclic) bond motifs is 1. The SMILES string of the molecule is CC(C)(O)[C@H](F)CNC(=O)c1cnc(-c2ccc3cc(C#N)cnn23)cc1NC1CC(CNC(=O)CC(F)F)C1. The number of pyridine rings is 1. The molecule has 1 atom stereocenters. The number of halogens is 3. The summed E-state index contributed by atoms with van der Waals surface area (Å²) in [6, 6.07) is 8.91. The molecule has 0 bridgehead atoms. The summed E-state index contributed by atoms with van der Waals surface area (Å²) in [6.45, 7) is 2.50. The minimum atomic E-state index is -2.70. The number of hydrogen-bond donors (Lipinski definition) is 4. The first-order valence-electron chi connectivity index (χ1n) is 12.8. The van der Waals surface area contributed by atoms with Gasteiger partial charge >= 0.3 is 0 Å². The van der Waals surface area contributed by atoms with Crippen LogP contribution in [0.3, 0.4) is 0 Å². The van der Waals surface area contributed by atoms with E-state index >= 15 is 0 Å². The van der Waals surface area contributed by atoms with Crippen molar-refractivity contribution in [2.75, 3.05) is 18.4 Å². The van der Waals surface area contributed by atoms with Gasteiger partial charge in [-0.15, -0.1) is 0 Å². The van der Waals surface area contributed by atoms with Crippen molar-refractivity contribution in [3.63, 3.8) is 0 Å². The van der Waals surface area contributed by atoms with Crippen molar-refractivity contribution >= 4 is 23.0 Å². The second-order valence-electron chi connectivity index (χ2n) is 10.4. The molecule has 40 heavy (non-hydrogen) atoms. The van der Waals surface area contributed by atoms with Gasteiger partial charge in [0.15, 0.2) is 0 Å². The normalized spacial score (nSPS) is 17.6. The van der Waals surface area contributed by atoms with Gasteiger partial charge < -0.3 is 21.1 Å². The highest BCUT2D eigenvalue weighted by Gasteiger charge is 2.31. The summed E-state index contributed by atoms with van der Waals surface area (Å²) < 4.78 is 40.6. The van der Waals surface area contributed by atoms with E-state index in [-0.39, 0.29) is 24.1 Å². The molecule has 1 aliphatic carbocycles. The van der Waals surface area contributed by atoms with E-state index < -0.39 is 43.0 Å². The van der Waals surface area contributed by atoms with E-state index in [1.165, 1.54) is 26.2 Å². The maximum Gasteiger partial charge on any atom is 0.255 e. The van der Waals surface area contributed by atoms with Gasteiger partial charge in [-0.2, -0.15) is 10.4 Å². The van der Waals surface area contributed by atoms with Crippen LogP contribution in [0, 0.1) is 17.2 Å². The Morgan fingerprint density at radius 2 is 1.95 bits per heavy atom. The number of rotatable bonds is 11. The zero-order valence-corrected chi connectivity index (χ0v) is 22.0. The van der Waals surface area contributed by atoms with Crippen molar-refractivity contribution in [2.24, 2.45) is 5.92 Å². The van der Waals surface area contributed by atoms with Crippen molar-refractivity contribution in [3.8, 4) is 17.5 Å². The van der Waals surface area contributed by atoms with Gasteiger partial charge in [-0.25, -0.2) is 17.7 Å². The largest absolute Gasteiger partial charge is 0.387 e. The van der Waals surface area contributed by atoms with Crippen molar-refractivity contribution in [2.45, 2.75) is 57.3 Å². The highest BCUT2D eigenvalue weighted by molar-refractivity contribution is 6.00. The van der Waals surface area contributed by atoms with Crippen molar-refractivity contribution in [3.05, 3.63) is 47.8 Å². The Morgan fingerprint density at radius 1 is 1.20 bits per heavy atom. The van der Waals surface area contributed by atoms with E-state index in [9.17, 15) is 27.9 Å². The quantitative estimate of drug-likeness (QED) is 0.284. The number of amides is 2. The summed E-state index contributed by atoms with van der Waals surface area (Å²) in [4.78, 5) is 28.9. The van der Waals surface area contributed by atoms with Crippen LogP contribution in [0.1, 0.15) is 49.0 Å². The lowest BCUT2D eigenvalue weighted by molar-refractivity contribution is -0.123. The number of hydrogen-bond acceptors (Lipinski definition) is 7. The molecule has 1 aliphatic rings. The number of carbonyl (C=O) groups is 2. The first kappa shape index (κ1) is 28.8. The third-order valence-electron chi connectivity index (χ3n) is 6.77. The van der Waals surface area contributed by atoms with Gasteiger partial charge in [0.25, 0.3) is 5.91 Å². The van der Waals surface area contributed by atoms with Crippen LogP contribution in [-0.4, -0.2) is 68.8 Å². The molecular formula is C27H30F3N7O3. The van der Waals surface area contributed by atoms with Crippen LogP contribution in [-0.2, 0) is 4.79 Å². The van der Waals surface area contributed by atoms with E-state index in [1.54, 1.807) is 28.8 Å². The zero-order chi connectivity index (χ0) is 29.0. The van der Waals surface area contributed by atoms with Gasteiger partial charge in [0.2, 0.25) is 12.3 Å². The third-order valence-corrected chi connectivity index (χ3v) is 6.77. The Hall–Kier alpha value is -4.18. The number of aromatic nitrogens is 3. The molecule has 0 saturated heterocycles. The molecule has 4 rings (SSSR count). The number of aliphatic hydroxyl groups is 1. The lowest BCUT2D eigenvalue weighted by Gasteiger charge is -2.37. The molecule has 0 spiro atoms. The standard InChI is InChI=1S/C27H30F3N7O3/c1-27(2,40)23(28)14-34-26(39)19-13-32-21(22-4-3-18-7-16(10-31)12-35-37(18)22)8-20(19)36-17-5-15(6-17)11-33-25(38)9-24(29)30/h3-4,7-8,12-13,15,17,23-24,40H,5-6,9,11,14H2,1-2H3,(H,32,36)(H,33,38)(H,34,39)/t15?,17?,23-/m1/s1.